The highest BCUT2D eigenvalue weighted by Crippen LogP contribution is 2.48. The van der Waals surface area contributed by atoms with Gasteiger partial charge in [-0.15, -0.1) is 17.5 Å². The van der Waals surface area contributed by atoms with Gasteiger partial charge in [-0.05, 0) is 37.2 Å². The number of hydrogen-bond donors (Lipinski definition) is 1. The molecule has 0 radical (unpaired) electrons. The molecule has 0 spiro atoms. The Balaban J connectivity index is 2.17. The molecule has 0 aromatic rings. The molecule has 0 aromatic carbocycles. The van der Waals surface area contributed by atoms with Gasteiger partial charge in [-0.25, -0.2) is 0 Å². The number of allylic oxidation sites excluding steroid dienone is 1. The van der Waals surface area contributed by atoms with E-state index in [0.29, 0.717) is 19.1 Å². The van der Waals surface area contributed by atoms with Crippen LogP contribution in [0, 0.1) is 23.2 Å². The summed E-state index contributed by atoms with van der Waals surface area (Å²) in [6.45, 7) is 7.77. The maximum atomic E-state index is 10.6. The molecule has 2 aliphatic rings. The van der Waals surface area contributed by atoms with E-state index in [-0.39, 0.29) is 17.6 Å². The highest BCUT2D eigenvalue weighted by molar-refractivity contribution is 6.17. The Morgan fingerprint density at radius 2 is 2.05 bits per heavy atom. The number of hydrogen-bond acceptors (Lipinski definition) is 3. The Morgan fingerprint density at radius 1 is 1.36 bits per heavy atom. The molecule has 0 aromatic heterocycles. The smallest absolute Gasteiger partial charge is 0.161 e. The molecule has 0 bridgehead atoms. The third-order valence-corrected chi connectivity index (χ3v) is 5.10. The number of ether oxygens (including phenoxy) is 2. The van der Waals surface area contributed by atoms with Gasteiger partial charge in [0, 0.05) is 18.2 Å². The lowest BCUT2D eigenvalue weighted by atomic mass is 9.63. The van der Waals surface area contributed by atoms with Crippen LogP contribution in [0.15, 0.2) is 11.1 Å². The summed E-state index contributed by atoms with van der Waals surface area (Å²) in [7, 11) is 0. The summed E-state index contributed by atoms with van der Waals surface area (Å²) >= 11 is 5.66. The molecule has 4 heteroatoms. The molecule has 124 valence electrons. The molecular formula is C18H27ClO3. The van der Waals surface area contributed by atoms with Crippen LogP contribution >= 0.6 is 11.6 Å². The number of halogens is 1. The topological polar surface area (TPSA) is 38.7 Å². The van der Waals surface area contributed by atoms with Crippen molar-refractivity contribution >= 4 is 11.6 Å². The first-order chi connectivity index (χ1) is 10.5. The predicted molar refractivity (Wildman–Crippen MR) is 88.6 cm³/mol. The van der Waals surface area contributed by atoms with Crippen LogP contribution in [0.2, 0.25) is 0 Å². The van der Waals surface area contributed by atoms with E-state index < -0.39 is 6.10 Å². The van der Waals surface area contributed by atoms with Gasteiger partial charge < -0.3 is 14.6 Å². The Labute approximate surface area is 139 Å². The van der Waals surface area contributed by atoms with E-state index >= 15 is 0 Å². The van der Waals surface area contributed by atoms with Crippen molar-refractivity contribution in [1.29, 1.82) is 0 Å². The Kier molecular flexibility index (Phi) is 6.35. The van der Waals surface area contributed by atoms with E-state index in [1.807, 2.05) is 0 Å². The Morgan fingerprint density at radius 3 is 2.68 bits per heavy atom. The van der Waals surface area contributed by atoms with Crippen molar-refractivity contribution in [2.75, 3.05) is 19.1 Å². The SMILES string of the molecule is CC1=C(C(O)C#CCCCCl)C(C)(C)C(C2OCCO2)CC1. The molecule has 1 fully saturated rings. The zero-order valence-corrected chi connectivity index (χ0v) is 14.6. The monoisotopic (exact) mass is 326 g/mol. The summed E-state index contributed by atoms with van der Waals surface area (Å²) in [5, 5.41) is 10.6. The second kappa shape index (κ2) is 7.84. The Hall–Kier alpha value is -0.530. The molecule has 0 amide bonds. The average molecular weight is 327 g/mol. The molecule has 1 aliphatic carbocycles. The van der Waals surface area contributed by atoms with Crippen LogP contribution in [-0.2, 0) is 9.47 Å². The standard InChI is InChI=1S/C18H27ClO3/c1-13-8-9-14(17-21-11-12-22-17)18(2,3)16(13)15(20)7-5-4-6-10-19/h14-15,17,20H,4,6,8-12H2,1-3H3. The van der Waals surface area contributed by atoms with Gasteiger partial charge in [0.15, 0.2) is 6.29 Å². The first-order valence-electron chi connectivity index (χ1n) is 8.14. The Bertz CT molecular complexity index is 466. The second-order valence-electron chi connectivity index (χ2n) is 6.69. The summed E-state index contributed by atoms with van der Waals surface area (Å²) in [5.74, 6) is 6.90. The van der Waals surface area contributed by atoms with Crippen LogP contribution in [0.4, 0.5) is 0 Å². The number of unbranched alkanes of at least 4 members (excludes halogenated alkanes) is 1. The third-order valence-electron chi connectivity index (χ3n) is 4.84. The number of alkyl halides is 1. The van der Waals surface area contributed by atoms with Crippen LogP contribution in [0.3, 0.4) is 0 Å². The highest BCUT2D eigenvalue weighted by Gasteiger charge is 2.45. The van der Waals surface area contributed by atoms with E-state index in [1.165, 1.54) is 5.57 Å². The highest BCUT2D eigenvalue weighted by atomic mass is 35.5. The van der Waals surface area contributed by atoms with Crippen molar-refractivity contribution in [3.8, 4) is 11.8 Å². The maximum absolute atomic E-state index is 10.6. The van der Waals surface area contributed by atoms with E-state index in [1.54, 1.807) is 0 Å². The molecule has 1 aliphatic heterocycles. The van der Waals surface area contributed by atoms with Crippen LogP contribution in [0.1, 0.15) is 46.5 Å². The summed E-state index contributed by atoms with van der Waals surface area (Å²) in [6.07, 6.45) is 2.71. The summed E-state index contributed by atoms with van der Waals surface area (Å²) < 4.78 is 11.5. The van der Waals surface area contributed by atoms with E-state index in [4.69, 9.17) is 21.1 Å². The van der Waals surface area contributed by atoms with Crippen molar-refractivity contribution < 1.29 is 14.6 Å². The largest absolute Gasteiger partial charge is 0.376 e. The van der Waals surface area contributed by atoms with Gasteiger partial charge in [0.05, 0.1) is 13.2 Å². The molecule has 1 N–H and O–H groups in total. The average Bonchev–Trinajstić information content (AvgIpc) is 2.96. The first-order valence-corrected chi connectivity index (χ1v) is 8.67. The molecule has 3 nitrogen and oxygen atoms in total. The molecule has 22 heavy (non-hydrogen) atoms. The van der Waals surface area contributed by atoms with Crippen molar-refractivity contribution in [2.24, 2.45) is 11.3 Å². The van der Waals surface area contributed by atoms with E-state index in [2.05, 4.69) is 32.6 Å². The maximum Gasteiger partial charge on any atom is 0.161 e. The minimum Gasteiger partial charge on any atom is -0.376 e. The van der Waals surface area contributed by atoms with Gasteiger partial charge in [0.1, 0.15) is 6.10 Å². The number of aliphatic hydroxyl groups excluding tert-OH is 1. The van der Waals surface area contributed by atoms with Gasteiger partial charge >= 0.3 is 0 Å². The van der Waals surface area contributed by atoms with Crippen LogP contribution in [0.25, 0.3) is 0 Å². The predicted octanol–water partition coefficient (Wildman–Crippen LogP) is 3.50. The third kappa shape index (κ3) is 3.86. The summed E-state index contributed by atoms with van der Waals surface area (Å²) in [5.41, 5.74) is 2.11. The van der Waals surface area contributed by atoms with Crippen molar-refractivity contribution in [2.45, 2.75) is 58.8 Å². The van der Waals surface area contributed by atoms with Crippen molar-refractivity contribution in [3.05, 3.63) is 11.1 Å². The van der Waals surface area contributed by atoms with Crippen LogP contribution < -0.4 is 0 Å². The molecule has 2 atom stereocenters. The van der Waals surface area contributed by atoms with Gasteiger partial charge in [0.2, 0.25) is 0 Å². The minimum absolute atomic E-state index is 0.158. The molecule has 0 saturated carbocycles. The van der Waals surface area contributed by atoms with E-state index in [9.17, 15) is 5.11 Å². The van der Waals surface area contributed by atoms with Crippen molar-refractivity contribution in [3.63, 3.8) is 0 Å². The number of rotatable bonds is 4. The van der Waals surface area contributed by atoms with Gasteiger partial charge in [-0.2, -0.15) is 0 Å². The lowest BCUT2D eigenvalue weighted by Gasteiger charge is -2.44. The number of aliphatic hydroxyl groups is 1. The van der Waals surface area contributed by atoms with Gasteiger partial charge in [-0.3, -0.25) is 0 Å². The molecule has 2 unspecified atom stereocenters. The minimum atomic E-state index is -0.713. The second-order valence-corrected chi connectivity index (χ2v) is 7.06. The molecular weight excluding hydrogens is 300 g/mol. The zero-order chi connectivity index (χ0) is 16.2. The normalized spacial score (nSPS) is 26.7. The van der Waals surface area contributed by atoms with E-state index in [0.717, 1.165) is 31.3 Å². The van der Waals surface area contributed by atoms with Crippen LogP contribution in [0.5, 0.6) is 0 Å². The fraction of sp³-hybridized carbons (Fsp3) is 0.778. The van der Waals surface area contributed by atoms with Crippen molar-refractivity contribution in [1.82, 2.24) is 0 Å². The first kappa shape index (κ1) is 17.8. The quantitative estimate of drug-likeness (QED) is 0.372. The zero-order valence-electron chi connectivity index (χ0n) is 13.8. The van der Waals surface area contributed by atoms with Crippen LogP contribution in [-0.4, -0.2) is 36.6 Å². The van der Waals surface area contributed by atoms with Gasteiger partial charge in [-0.1, -0.05) is 25.3 Å². The summed E-state index contributed by atoms with van der Waals surface area (Å²) in [6, 6.07) is 0. The lowest BCUT2D eigenvalue weighted by molar-refractivity contribution is -0.116. The molecule has 2 rings (SSSR count). The lowest BCUT2D eigenvalue weighted by Crippen LogP contribution is -2.42. The fourth-order valence-corrected chi connectivity index (χ4v) is 3.82. The molecule has 1 heterocycles. The molecule has 1 saturated heterocycles. The van der Waals surface area contributed by atoms with Gasteiger partial charge in [0.25, 0.3) is 0 Å². The summed E-state index contributed by atoms with van der Waals surface area (Å²) in [4.78, 5) is 0. The fourth-order valence-electron chi connectivity index (χ4n) is 3.68.